The van der Waals surface area contributed by atoms with Gasteiger partial charge in [0.2, 0.25) is 5.91 Å². The number of carbonyl (C=O) groups excluding carboxylic acids is 1. The number of hydrogen-bond donors (Lipinski definition) is 1. The molecule has 3 heterocycles. The molecule has 1 N–H and O–H groups in total. The minimum Gasteiger partial charge on any atom is -0.490 e. The van der Waals surface area contributed by atoms with E-state index in [1.807, 2.05) is 26.0 Å². The molecule has 1 aliphatic rings. The number of carbonyl (C=O) groups is 1. The summed E-state index contributed by atoms with van der Waals surface area (Å²) in [5.41, 5.74) is 3.15. The molecule has 0 saturated carbocycles. The van der Waals surface area contributed by atoms with Crippen LogP contribution in [0.15, 0.2) is 24.5 Å². The lowest BCUT2D eigenvalue weighted by Crippen LogP contribution is -2.17. The maximum atomic E-state index is 12.5. The molecule has 4 rings (SSSR count). The Bertz CT molecular complexity index is 982. The lowest BCUT2D eigenvalue weighted by Gasteiger charge is -2.12. The van der Waals surface area contributed by atoms with Gasteiger partial charge in [-0.3, -0.25) is 4.79 Å². The summed E-state index contributed by atoms with van der Waals surface area (Å²) < 4.78 is 12.9. The molecule has 3 aromatic rings. The van der Waals surface area contributed by atoms with Crippen molar-refractivity contribution in [2.45, 2.75) is 26.7 Å². The quantitative estimate of drug-likeness (QED) is 0.775. The normalized spacial score (nSPS) is 13.5. The highest BCUT2D eigenvalue weighted by atomic mass is 16.5. The van der Waals surface area contributed by atoms with E-state index in [2.05, 4.69) is 20.4 Å². The molecule has 0 radical (unpaired) electrons. The number of nitrogens with zero attached hydrogens (tertiary/aromatic N) is 4. The Balaban J connectivity index is 1.53. The predicted octanol–water partition coefficient (Wildman–Crippen LogP) is 2.08. The van der Waals surface area contributed by atoms with Crippen molar-refractivity contribution in [2.24, 2.45) is 0 Å². The zero-order valence-electron chi connectivity index (χ0n) is 14.7. The van der Waals surface area contributed by atoms with Crippen LogP contribution in [0.5, 0.6) is 11.5 Å². The van der Waals surface area contributed by atoms with Crippen LogP contribution in [0.3, 0.4) is 0 Å². The van der Waals surface area contributed by atoms with Gasteiger partial charge in [-0.1, -0.05) is 0 Å². The molecule has 8 nitrogen and oxygen atoms in total. The first kappa shape index (κ1) is 16.3. The maximum absolute atomic E-state index is 12.5. The molecule has 1 aromatic carbocycles. The fourth-order valence-corrected chi connectivity index (χ4v) is 3.02. The molecule has 134 valence electrons. The lowest BCUT2D eigenvalue weighted by molar-refractivity contribution is -0.115. The Labute approximate surface area is 150 Å². The molecule has 0 fully saturated rings. The van der Waals surface area contributed by atoms with Gasteiger partial charge in [-0.05, 0) is 26.0 Å². The molecule has 1 amide bonds. The molecule has 0 unspecified atom stereocenters. The van der Waals surface area contributed by atoms with Gasteiger partial charge < -0.3 is 14.8 Å². The summed E-state index contributed by atoms with van der Waals surface area (Å²) in [5, 5.41) is 7.06. The number of amides is 1. The van der Waals surface area contributed by atoms with Crippen LogP contribution in [0.2, 0.25) is 0 Å². The van der Waals surface area contributed by atoms with Gasteiger partial charge in [0.1, 0.15) is 6.33 Å². The first-order valence-electron chi connectivity index (χ1n) is 8.47. The van der Waals surface area contributed by atoms with Crippen LogP contribution in [-0.2, 0) is 11.2 Å². The van der Waals surface area contributed by atoms with Crippen molar-refractivity contribution >= 4 is 17.4 Å². The largest absolute Gasteiger partial charge is 0.490 e. The topological polar surface area (TPSA) is 90.6 Å². The summed E-state index contributed by atoms with van der Waals surface area (Å²) in [6, 6.07) is 5.41. The van der Waals surface area contributed by atoms with E-state index in [1.165, 1.54) is 6.33 Å². The Hall–Kier alpha value is -3.16. The van der Waals surface area contributed by atoms with Crippen LogP contribution >= 0.6 is 0 Å². The number of benzene rings is 1. The second-order valence-electron chi connectivity index (χ2n) is 6.17. The van der Waals surface area contributed by atoms with Crippen LogP contribution in [0.1, 0.15) is 23.4 Å². The van der Waals surface area contributed by atoms with Gasteiger partial charge in [0.05, 0.1) is 19.6 Å². The monoisotopic (exact) mass is 353 g/mol. The van der Waals surface area contributed by atoms with Crippen LogP contribution in [0, 0.1) is 13.8 Å². The number of fused-ring (bicyclic) bond motifs is 2. The Morgan fingerprint density at radius 1 is 1.23 bits per heavy atom. The van der Waals surface area contributed by atoms with Crippen molar-refractivity contribution in [1.82, 2.24) is 19.6 Å². The number of hydrogen-bond acceptors (Lipinski definition) is 6. The predicted molar refractivity (Wildman–Crippen MR) is 94.6 cm³/mol. The van der Waals surface area contributed by atoms with E-state index in [-0.39, 0.29) is 12.3 Å². The van der Waals surface area contributed by atoms with Crippen LogP contribution in [-0.4, -0.2) is 38.7 Å². The highest BCUT2D eigenvalue weighted by molar-refractivity contribution is 5.92. The van der Waals surface area contributed by atoms with Crippen LogP contribution in [0.4, 0.5) is 5.69 Å². The van der Waals surface area contributed by atoms with Crippen molar-refractivity contribution in [3.8, 4) is 11.5 Å². The fraction of sp³-hybridized carbons (Fsp3) is 0.333. The van der Waals surface area contributed by atoms with Gasteiger partial charge >= 0.3 is 0 Å². The third kappa shape index (κ3) is 3.05. The molecule has 0 aliphatic carbocycles. The highest BCUT2D eigenvalue weighted by Gasteiger charge is 2.16. The van der Waals surface area contributed by atoms with Crippen LogP contribution in [0.25, 0.3) is 5.78 Å². The van der Waals surface area contributed by atoms with Gasteiger partial charge in [-0.15, -0.1) is 0 Å². The maximum Gasteiger partial charge on any atom is 0.252 e. The van der Waals surface area contributed by atoms with Crippen LogP contribution < -0.4 is 14.8 Å². The van der Waals surface area contributed by atoms with Gasteiger partial charge in [0.25, 0.3) is 5.78 Å². The van der Waals surface area contributed by atoms with Gasteiger partial charge in [0.15, 0.2) is 11.5 Å². The van der Waals surface area contributed by atoms with Crippen molar-refractivity contribution < 1.29 is 14.3 Å². The molecular weight excluding hydrogens is 334 g/mol. The van der Waals surface area contributed by atoms with E-state index in [4.69, 9.17) is 9.47 Å². The van der Waals surface area contributed by atoms with Gasteiger partial charge in [-0.2, -0.15) is 10.1 Å². The number of aryl methyl sites for hydroxylation is 2. The smallest absolute Gasteiger partial charge is 0.252 e. The average molecular weight is 353 g/mol. The fourth-order valence-electron chi connectivity index (χ4n) is 3.02. The molecule has 8 heteroatoms. The molecule has 2 aromatic heterocycles. The molecule has 0 bridgehead atoms. The van der Waals surface area contributed by atoms with Crippen molar-refractivity contribution in [1.29, 1.82) is 0 Å². The number of anilines is 1. The van der Waals surface area contributed by atoms with E-state index < -0.39 is 0 Å². The third-order valence-corrected chi connectivity index (χ3v) is 4.36. The summed E-state index contributed by atoms with van der Waals surface area (Å²) >= 11 is 0. The zero-order valence-corrected chi connectivity index (χ0v) is 14.7. The second kappa shape index (κ2) is 6.62. The Morgan fingerprint density at radius 3 is 2.88 bits per heavy atom. The van der Waals surface area contributed by atoms with E-state index in [0.717, 1.165) is 23.4 Å². The zero-order chi connectivity index (χ0) is 18.1. The second-order valence-corrected chi connectivity index (χ2v) is 6.17. The van der Waals surface area contributed by atoms with Crippen molar-refractivity contribution in [2.75, 3.05) is 18.5 Å². The summed E-state index contributed by atoms with van der Waals surface area (Å²) in [6.45, 7) is 5.02. The SMILES string of the molecule is Cc1nc2ncnn2c(C)c1CC(=O)Nc1ccc2c(c1)OCCCO2. The van der Waals surface area contributed by atoms with E-state index >= 15 is 0 Å². The van der Waals surface area contributed by atoms with E-state index in [9.17, 15) is 4.79 Å². The van der Waals surface area contributed by atoms with Gasteiger partial charge in [0, 0.05) is 35.1 Å². The minimum atomic E-state index is -0.132. The Morgan fingerprint density at radius 2 is 2.04 bits per heavy atom. The minimum absolute atomic E-state index is 0.132. The van der Waals surface area contributed by atoms with Gasteiger partial charge in [-0.25, -0.2) is 9.50 Å². The summed E-state index contributed by atoms with van der Waals surface area (Å²) in [5.74, 6) is 1.75. The standard InChI is InChI=1S/C18H19N5O3/c1-11-14(12(2)23-18(21-11)19-10-20-23)9-17(24)22-13-4-5-15-16(8-13)26-7-3-6-25-15/h4-5,8,10H,3,6-7,9H2,1-2H3,(H,22,24). The molecule has 0 atom stereocenters. The molecule has 0 spiro atoms. The first-order chi connectivity index (χ1) is 12.6. The average Bonchev–Trinajstić information content (AvgIpc) is 2.95. The first-order valence-corrected chi connectivity index (χ1v) is 8.47. The molecule has 26 heavy (non-hydrogen) atoms. The summed E-state index contributed by atoms with van der Waals surface area (Å²) in [4.78, 5) is 21.0. The number of rotatable bonds is 3. The van der Waals surface area contributed by atoms with E-state index in [0.29, 0.717) is 36.2 Å². The highest BCUT2D eigenvalue weighted by Crippen LogP contribution is 2.32. The molecular formula is C18H19N5O3. The molecule has 1 aliphatic heterocycles. The van der Waals surface area contributed by atoms with Crippen molar-refractivity contribution in [3.05, 3.63) is 41.5 Å². The number of ether oxygens (including phenoxy) is 2. The number of aromatic nitrogens is 4. The summed E-state index contributed by atoms with van der Waals surface area (Å²) in [7, 11) is 0. The van der Waals surface area contributed by atoms with Crippen molar-refractivity contribution in [3.63, 3.8) is 0 Å². The third-order valence-electron chi connectivity index (χ3n) is 4.36. The van der Waals surface area contributed by atoms with E-state index in [1.54, 1.807) is 10.6 Å². The lowest BCUT2D eigenvalue weighted by atomic mass is 10.1. The number of nitrogens with one attached hydrogen (secondary N) is 1. The summed E-state index contributed by atoms with van der Waals surface area (Å²) in [6.07, 6.45) is 2.50. The molecule has 0 saturated heterocycles. The Kier molecular flexibility index (Phi) is 4.16.